The molecule has 1 aliphatic rings. The molecule has 1 unspecified atom stereocenters. The van der Waals surface area contributed by atoms with Crippen LogP contribution >= 0.6 is 15.9 Å². The number of benzene rings is 4. The summed E-state index contributed by atoms with van der Waals surface area (Å²) < 4.78 is 52.1. The Morgan fingerprint density at radius 1 is 1.00 bits per heavy atom. The molecule has 0 radical (unpaired) electrons. The number of hydrogen-bond donors (Lipinski definition) is 1. The molecule has 2 heterocycles. The number of rotatable bonds is 13. The maximum atomic E-state index is 13.5. The van der Waals surface area contributed by atoms with Crippen LogP contribution in [0.4, 0.5) is 15.9 Å². The number of anilines is 2. The molecular formula is C36H34BrFN4O4S. The Morgan fingerprint density at radius 3 is 2.62 bits per heavy atom. The fraction of sp³-hybridized carbons (Fsp3) is 0.222. The first-order chi connectivity index (χ1) is 22.7. The summed E-state index contributed by atoms with van der Waals surface area (Å²) in [5.74, 6) is 1.01. The molecule has 1 aliphatic heterocycles. The molecule has 0 aliphatic carbocycles. The highest BCUT2D eigenvalue weighted by Gasteiger charge is 2.36. The third kappa shape index (κ3) is 7.81. The number of sulfone groups is 1. The van der Waals surface area contributed by atoms with Crippen LogP contribution in [0.2, 0.25) is 0 Å². The summed E-state index contributed by atoms with van der Waals surface area (Å²) >= 11 is 3.59. The van der Waals surface area contributed by atoms with E-state index in [2.05, 4.69) is 37.3 Å². The predicted molar refractivity (Wildman–Crippen MR) is 185 cm³/mol. The number of nitrogens with zero attached hydrogens (tertiary/aromatic N) is 3. The lowest BCUT2D eigenvalue weighted by Gasteiger charge is -2.31. The van der Waals surface area contributed by atoms with Crippen molar-refractivity contribution in [2.75, 3.05) is 31.2 Å². The normalized spacial score (nSPS) is 16.0. The van der Waals surface area contributed by atoms with Gasteiger partial charge in [-0.2, -0.15) is 0 Å². The van der Waals surface area contributed by atoms with E-state index in [-0.39, 0.29) is 18.2 Å². The summed E-state index contributed by atoms with van der Waals surface area (Å²) in [6, 6.07) is 26.6. The molecule has 1 atom stereocenters. The molecule has 0 saturated carbocycles. The van der Waals surface area contributed by atoms with Crippen molar-refractivity contribution in [2.45, 2.75) is 29.9 Å². The quantitative estimate of drug-likeness (QED) is 0.132. The minimum absolute atomic E-state index is 0.0399. The predicted octanol–water partition coefficient (Wildman–Crippen LogP) is 7.78. The highest BCUT2D eigenvalue weighted by Crippen LogP contribution is 2.40. The lowest BCUT2D eigenvalue weighted by Crippen LogP contribution is -2.33. The summed E-state index contributed by atoms with van der Waals surface area (Å²) in [6.45, 7) is 1.29. The van der Waals surface area contributed by atoms with Gasteiger partial charge >= 0.3 is 0 Å². The van der Waals surface area contributed by atoms with Gasteiger partial charge in [0.1, 0.15) is 35.9 Å². The molecule has 4 aromatic carbocycles. The molecule has 0 saturated heterocycles. The second-order valence-corrected chi connectivity index (χ2v) is 14.5. The van der Waals surface area contributed by atoms with Gasteiger partial charge in [0, 0.05) is 37.0 Å². The van der Waals surface area contributed by atoms with Crippen molar-refractivity contribution < 1.29 is 22.3 Å². The Morgan fingerprint density at radius 2 is 1.85 bits per heavy atom. The smallest absolute Gasteiger partial charge is 0.179 e. The molecule has 5 aromatic rings. The zero-order chi connectivity index (χ0) is 32.9. The second kappa shape index (κ2) is 14.2. The minimum atomic E-state index is -3.36. The number of ether oxygens (including phenoxy) is 2. The van der Waals surface area contributed by atoms with Crippen LogP contribution in [0.5, 0.6) is 5.75 Å². The SMILES string of the molecule is CN(CCC1(c2ccc3ncnc(Nc4ccc(OCc5cccc(F)c5)c(Br)c4)c3c2)CC=CO1)CCS(=O)(=O)c1ccccc1. The van der Waals surface area contributed by atoms with Crippen LogP contribution in [0, 0.1) is 5.82 Å². The number of nitrogens with one attached hydrogen (secondary N) is 1. The molecular weight excluding hydrogens is 683 g/mol. The highest BCUT2D eigenvalue weighted by molar-refractivity contribution is 9.10. The van der Waals surface area contributed by atoms with Gasteiger partial charge in [-0.25, -0.2) is 22.8 Å². The lowest BCUT2D eigenvalue weighted by molar-refractivity contribution is 0.0248. The largest absolute Gasteiger partial charge is 0.490 e. The first-order valence-electron chi connectivity index (χ1n) is 15.2. The van der Waals surface area contributed by atoms with Crippen molar-refractivity contribution in [1.29, 1.82) is 0 Å². The maximum absolute atomic E-state index is 13.5. The van der Waals surface area contributed by atoms with Crippen LogP contribution in [0.1, 0.15) is 24.0 Å². The molecule has 47 heavy (non-hydrogen) atoms. The summed E-state index contributed by atoms with van der Waals surface area (Å²) in [7, 11) is -1.43. The van der Waals surface area contributed by atoms with Crippen LogP contribution in [-0.2, 0) is 26.8 Å². The Hall–Kier alpha value is -4.32. The number of hydrogen-bond acceptors (Lipinski definition) is 8. The molecule has 0 amide bonds. The van der Waals surface area contributed by atoms with Gasteiger partial charge in [-0.05, 0) is 94.8 Å². The van der Waals surface area contributed by atoms with E-state index < -0.39 is 15.4 Å². The van der Waals surface area contributed by atoms with Crippen LogP contribution in [0.15, 0.2) is 119 Å². The Kier molecular flexibility index (Phi) is 9.86. The molecule has 1 N–H and O–H groups in total. The third-order valence-electron chi connectivity index (χ3n) is 8.22. The van der Waals surface area contributed by atoms with E-state index in [0.717, 1.165) is 32.2 Å². The summed E-state index contributed by atoms with van der Waals surface area (Å²) in [6.07, 6.45) is 6.63. The van der Waals surface area contributed by atoms with E-state index >= 15 is 0 Å². The van der Waals surface area contributed by atoms with E-state index in [1.54, 1.807) is 36.6 Å². The standard InChI is InChI=1S/C36H34BrFN4O4S/c1-42(18-20-47(43,44)30-9-3-2-4-10-30)17-16-36(15-6-19-46-36)27-11-13-33-31(22-27)35(40-25-39-33)41-29-12-14-34(32(37)23-29)45-24-26-7-5-8-28(38)21-26/h2-14,19,21-23,25H,15-18,20,24H2,1H3,(H,39,40,41). The van der Waals surface area contributed by atoms with Crippen molar-refractivity contribution in [3.63, 3.8) is 0 Å². The molecule has 242 valence electrons. The summed E-state index contributed by atoms with van der Waals surface area (Å²) in [5, 5.41) is 4.25. The van der Waals surface area contributed by atoms with Gasteiger partial charge in [-0.1, -0.05) is 36.4 Å². The van der Waals surface area contributed by atoms with Crippen molar-refractivity contribution in [3.05, 3.63) is 131 Å². The van der Waals surface area contributed by atoms with Crippen LogP contribution in [-0.4, -0.2) is 49.2 Å². The molecule has 1 aromatic heterocycles. The maximum Gasteiger partial charge on any atom is 0.179 e. The molecule has 0 fully saturated rings. The van der Waals surface area contributed by atoms with E-state index in [9.17, 15) is 12.8 Å². The van der Waals surface area contributed by atoms with Gasteiger partial charge in [0.25, 0.3) is 0 Å². The van der Waals surface area contributed by atoms with E-state index in [0.29, 0.717) is 42.4 Å². The highest BCUT2D eigenvalue weighted by atomic mass is 79.9. The van der Waals surface area contributed by atoms with E-state index in [1.807, 2.05) is 60.5 Å². The number of fused-ring (bicyclic) bond motifs is 1. The van der Waals surface area contributed by atoms with Crippen molar-refractivity contribution in [3.8, 4) is 5.75 Å². The van der Waals surface area contributed by atoms with Gasteiger partial charge in [-0.15, -0.1) is 0 Å². The van der Waals surface area contributed by atoms with E-state index in [1.165, 1.54) is 18.5 Å². The fourth-order valence-electron chi connectivity index (χ4n) is 5.52. The Balaban J connectivity index is 1.15. The zero-order valence-corrected chi connectivity index (χ0v) is 28.2. The number of halogens is 2. The first kappa shape index (κ1) is 32.6. The van der Waals surface area contributed by atoms with Crippen molar-refractivity contribution in [1.82, 2.24) is 14.9 Å². The lowest BCUT2D eigenvalue weighted by atomic mass is 9.87. The third-order valence-corrected chi connectivity index (χ3v) is 10.5. The van der Waals surface area contributed by atoms with Gasteiger partial charge in [0.15, 0.2) is 9.84 Å². The molecule has 11 heteroatoms. The number of aromatic nitrogens is 2. The average molecular weight is 718 g/mol. The Labute approximate surface area is 282 Å². The fourth-order valence-corrected chi connectivity index (χ4v) is 7.37. The molecule has 8 nitrogen and oxygen atoms in total. The van der Waals surface area contributed by atoms with Gasteiger partial charge in [0.2, 0.25) is 0 Å². The summed E-state index contributed by atoms with van der Waals surface area (Å²) in [4.78, 5) is 11.4. The van der Waals surface area contributed by atoms with Crippen molar-refractivity contribution in [2.24, 2.45) is 0 Å². The average Bonchev–Trinajstić information content (AvgIpc) is 3.57. The molecule has 6 rings (SSSR count). The van der Waals surface area contributed by atoms with Crippen LogP contribution in [0.3, 0.4) is 0 Å². The van der Waals surface area contributed by atoms with Gasteiger partial charge in [0.05, 0.1) is 26.9 Å². The zero-order valence-electron chi connectivity index (χ0n) is 25.8. The topological polar surface area (TPSA) is 93.7 Å². The van der Waals surface area contributed by atoms with Gasteiger partial charge in [-0.3, -0.25) is 0 Å². The molecule has 0 bridgehead atoms. The second-order valence-electron chi connectivity index (χ2n) is 11.5. The van der Waals surface area contributed by atoms with Crippen molar-refractivity contribution >= 4 is 48.2 Å². The first-order valence-corrected chi connectivity index (χ1v) is 17.6. The van der Waals surface area contributed by atoms with Crippen LogP contribution in [0.25, 0.3) is 10.9 Å². The summed E-state index contributed by atoms with van der Waals surface area (Å²) in [5.41, 5.74) is 2.70. The molecule has 0 spiro atoms. The van der Waals surface area contributed by atoms with E-state index in [4.69, 9.17) is 9.47 Å². The monoisotopic (exact) mass is 716 g/mol. The van der Waals surface area contributed by atoms with Gasteiger partial charge < -0.3 is 19.7 Å². The van der Waals surface area contributed by atoms with Crippen LogP contribution < -0.4 is 10.1 Å². The minimum Gasteiger partial charge on any atom is -0.490 e. The Bertz CT molecular complexity index is 2000.